The lowest BCUT2D eigenvalue weighted by atomic mass is 10.3. The molecule has 0 fully saturated rings. The van der Waals surface area contributed by atoms with E-state index in [0.29, 0.717) is 11.6 Å². The molecule has 0 bridgehead atoms. The second-order valence-corrected chi connectivity index (χ2v) is 5.19. The number of nitrogens with one attached hydrogen (secondary N) is 1. The van der Waals surface area contributed by atoms with Crippen molar-refractivity contribution in [1.29, 1.82) is 0 Å². The predicted molar refractivity (Wildman–Crippen MR) is 74.0 cm³/mol. The van der Waals surface area contributed by atoms with Crippen molar-refractivity contribution in [2.24, 2.45) is 0 Å². The molecule has 0 saturated carbocycles. The van der Waals surface area contributed by atoms with Crippen LogP contribution in [0.2, 0.25) is 0 Å². The van der Waals surface area contributed by atoms with Crippen LogP contribution in [0.5, 0.6) is 5.88 Å². The molecule has 1 unspecified atom stereocenters. The Morgan fingerprint density at radius 3 is 3.11 bits per heavy atom. The summed E-state index contributed by atoms with van der Waals surface area (Å²) in [5, 5.41) is 12.5. The van der Waals surface area contributed by atoms with Crippen LogP contribution < -0.4 is 10.1 Å². The summed E-state index contributed by atoms with van der Waals surface area (Å²) in [6.45, 7) is 0.235. The highest BCUT2D eigenvalue weighted by molar-refractivity contribution is 9.10. The van der Waals surface area contributed by atoms with Crippen molar-refractivity contribution < 1.29 is 14.2 Å². The summed E-state index contributed by atoms with van der Waals surface area (Å²) >= 11 is 4.28. The molecule has 2 aromatic rings. The number of hydrogen-bond donors (Lipinski definition) is 2. The number of aliphatic hydroxyl groups is 1. The Morgan fingerprint density at radius 2 is 2.37 bits per heavy atom. The van der Waals surface area contributed by atoms with E-state index < -0.39 is 6.10 Å². The third-order valence-corrected chi connectivity index (χ3v) is 3.18. The Hall–Kier alpha value is -1.25. The van der Waals surface area contributed by atoms with Crippen LogP contribution in [0.4, 0.5) is 10.1 Å². The van der Waals surface area contributed by atoms with Gasteiger partial charge < -0.3 is 15.2 Å². The first kappa shape index (κ1) is 14.2. The van der Waals surface area contributed by atoms with E-state index in [1.54, 1.807) is 12.1 Å². The fraction of sp³-hybridized carbons (Fsp3) is 0.273. The van der Waals surface area contributed by atoms with Gasteiger partial charge in [-0.2, -0.15) is 4.37 Å². The molecular formula is C11H11BrFN3O2S. The van der Waals surface area contributed by atoms with E-state index in [1.807, 2.05) is 0 Å². The standard InChI is InChI=1S/C11H11BrFN3O2S/c12-7-1-2-9(13)10(3-7)14-4-8(17)6-18-11-5-15-19-16-11/h1-3,5,8,14,17H,4,6H2. The molecule has 0 amide bonds. The third kappa shape index (κ3) is 4.41. The van der Waals surface area contributed by atoms with Crippen molar-refractivity contribution in [3.8, 4) is 5.88 Å². The summed E-state index contributed by atoms with van der Waals surface area (Å²) in [5.74, 6) is -0.00212. The largest absolute Gasteiger partial charge is 0.473 e. The minimum absolute atomic E-state index is 0.0635. The first-order valence-electron chi connectivity index (χ1n) is 5.42. The summed E-state index contributed by atoms with van der Waals surface area (Å²) in [4.78, 5) is 0. The molecule has 0 saturated heterocycles. The lowest BCUT2D eigenvalue weighted by molar-refractivity contribution is 0.115. The van der Waals surface area contributed by atoms with Gasteiger partial charge in [0.15, 0.2) is 0 Å². The number of aromatic nitrogens is 2. The number of aliphatic hydroxyl groups excluding tert-OH is 1. The molecule has 1 atom stereocenters. The second-order valence-electron chi connectivity index (χ2n) is 3.72. The maximum atomic E-state index is 13.4. The molecule has 0 aliphatic rings. The van der Waals surface area contributed by atoms with Gasteiger partial charge in [-0.15, -0.1) is 4.37 Å². The van der Waals surface area contributed by atoms with Crippen molar-refractivity contribution in [3.63, 3.8) is 0 Å². The van der Waals surface area contributed by atoms with Crippen LogP contribution in [0.15, 0.2) is 28.9 Å². The SMILES string of the molecule is OC(CNc1cc(Br)ccc1F)COc1cnsn1. The molecular weight excluding hydrogens is 337 g/mol. The Morgan fingerprint density at radius 1 is 1.53 bits per heavy atom. The predicted octanol–water partition coefficient (Wildman–Crippen LogP) is 2.29. The summed E-state index contributed by atoms with van der Waals surface area (Å²) in [5.41, 5.74) is 0.323. The van der Waals surface area contributed by atoms with Crippen LogP contribution in [0.1, 0.15) is 0 Å². The van der Waals surface area contributed by atoms with Gasteiger partial charge in [-0.25, -0.2) is 4.39 Å². The summed E-state index contributed by atoms with van der Waals surface area (Å²) < 4.78 is 27.0. The maximum absolute atomic E-state index is 13.4. The number of ether oxygens (including phenoxy) is 1. The highest BCUT2D eigenvalue weighted by Crippen LogP contribution is 2.19. The Bertz CT molecular complexity index is 527. The van der Waals surface area contributed by atoms with Gasteiger partial charge in [0.05, 0.1) is 17.4 Å². The third-order valence-electron chi connectivity index (χ3n) is 2.22. The molecule has 0 aliphatic carbocycles. The maximum Gasteiger partial charge on any atom is 0.245 e. The van der Waals surface area contributed by atoms with Crippen LogP contribution in [-0.4, -0.2) is 33.1 Å². The van der Waals surface area contributed by atoms with Gasteiger partial charge in [-0.3, -0.25) is 0 Å². The number of hydrogen-bond acceptors (Lipinski definition) is 6. The fourth-order valence-electron chi connectivity index (χ4n) is 1.32. The number of rotatable bonds is 6. The van der Waals surface area contributed by atoms with E-state index in [4.69, 9.17) is 4.74 Å². The summed E-state index contributed by atoms with van der Waals surface area (Å²) in [7, 11) is 0. The molecule has 0 spiro atoms. The average Bonchev–Trinajstić information content (AvgIpc) is 2.90. The van der Waals surface area contributed by atoms with E-state index in [-0.39, 0.29) is 19.0 Å². The molecule has 0 radical (unpaired) electrons. The smallest absolute Gasteiger partial charge is 0.245 e. The summed E-state index contributed by atoms with van der Waals surface area (Å²) in [6.07, 6.45) is 0.693. The average molecular weight is 348 g/mol. The van der Waals surface area contributed by atoms with E-state index in [9.17, 15) is 9.50 Å². The van der Waals surface area contributed by atoms with Crippen molar-refractivity contribution in [3.05, 3.63) is 34.7 Å². The molecule has 1 heterocycles. The van der Waals surface area contributed by atoms with Gasteiger partial charge in [0.1, 0.15) is 24.7 Å². The zero-order chi connectivity index (χ0) is 13.7. The van der Waals surface area contributed by atoms with Gasteiger partial charge in [-0.1, -0.05) is 15.9 Å². The highest BCUT2D eigenvalue weighted by Gasteiger charge is 2.08. The minimum atomic E-state index is -0.778. The molecule has 1 aromatic heterocycles. The number of halogens is 2. The zero-order valence-corrected chi connectivity index (χ0v) is 12.1. The Kier molecular flexibility index (Phi) is 5.06. The van der Waals surface area contributed by atoms with Crippen molar-refractivity contribution >= 4 is 33.3 Å². The molecule has 19 heavy (non-hydrogen) atoms. The van der Waals surface area contributed by atoms with Gasteiger partial charge in [0, 0.05) is 11.0 Å². The fourth-order valence-corrected chi connectivity index (χ4v) is 2.05. The number of benzene rings is 1. The Balaban J connectivity index is 1.79. The lowest BCUT2D eigenvalue weighted by Gasteiger charge is -2.13. The van der Waals surface area contributed by atoms with Crippen molar-refractivity contribution in [1.82, 2.24) is 8.75 Å². The quantitative estimate of drug-likeness (QED) is 0.839. The van der Waals surface area contributed by atoms with E-state index in [0.717, 1.165) is 16.2 Å². The lowest BCUT2D eigenvalue weighted by Crippen LogP contribution is -2.26. The normalized spacial score (nSPS) is 12.2. The van der Waals surface area contributed by atoms with Gasteiger partial charge in [0.25, 0.3) is 0 Å². The monoisotopic (exact) mass is 347 g/mol. The van der Waals surface area contributed by atoms with Crippen LogP contribution in [-0.2, 0) is 0 Å². The number of nitrogens with zero attached hydrogens (tertiary/aromatic N) is 2. The number of anilines is 1. The molecule has 2 N–H and O–H groups in total. The van der Waals surface area contributed by atoms with Gasteiger partial charge in [-0.05, 0) is 18.2 Å². The van der Waals surface area contributed by atoms with Crippen LogP contribution >= 0.6 is 27.7 Å². The Labute approximate surface area is 121 Å². The van der Waals surface area contributed by atoms with E-state index in [1.165, 1.54) is 12.3 Å². The van der Waals surface area contributed by atoms with Crippen molar-refractivity contribution in [2.45, 2.75) is 6.10 Å². The van der Waals surface area contributed by atoms with Crippen LogP contribution in [0.3, 0.4) is 0 Å². The minimum Gasteiger partial charge on any atom is -0.473 e. The van der Waals surface area contributed by atoms with E-state index in [2.05, 4.69) is 30.0 Å². The highest BCUT2D eigenvalue weighted by atomic mass is 79.9. The molecule has 102 valence electrons. The molecule has 2 rings (SSSR count). The van der Waals surface area contributed by atoms with Crippen LogP contribution in [0.25, 0.3) is 0 Å². The van der Waals surface area contributed by atoms with Gasteiger partial charge in [0.2, 0.25) is 5.88 Å². The zero-order valence-electron chi connectivity index (χ0n) is 9.72. The summed E-state index contributed by atoms with van der Waals surface area (Å²) in [6, 6.07) is 4.55. The molecule has 8 heteroatoms. The van der Waals surface area contributed by atoms with Gasteiger partial charge >= 0.3 is 0 Å². The molecule has 0 aliphatic heterocycles. The van der Waals surface area contributed by atoms with Crippen molar-refractivity contribution in [2.75, 3.05) is 18.5 Å². The second kappa shape index (κ2) is 6.78. The molecule has 1 aromatic carbocycles. The van der Waals surface area contributed by atoms with E-state index >= 15 is 0 Å². The van der Waals surface area contributed by atoms with Crippen LogP contribution in [0, 0.1) is 5.82 Å². The first-order chi connectivity index (χ1) is 9.15. The topological polar surface area (TPSA) is 67.3 Å². The molecule has 5 nitrogen and oxygen atoms in total. The first-order valence-corrected chi connectivity index (χ1v) is 6.95.